The molecule has 2 aromatic carbocycles. The second-order valence-electron chi connectivity index (χ2n) is 6.68. The van der Waals surface area contributed by atoms with Crippen molar-refractivity contribution < 1.29 is 28.7 Å². The van der Waals surface area contributed by atoms with Crippen LogP contribution in [0.5, 0.6) is 0 Å². The van der Waals surface area contributed by atoms with Gasteiger partial charge in [0, 0.05) is 24.2 Å². The average Bonchev–Trinajstić information content (AvgIpc) is 2.83. The number of ether oxygens (including phenoxy) is 2. The van der Waals surface area contributed by atoms with Crippen molar-refractivity contribution in [2.24, 2.45) is 10.2 Å². The van der Waals surface area contributed by atoms with Crippen LogP contribution in [-0.2, 0) is 19.1 Å². The van der Waals surface area contributed by atoms with Crippen molar-refractivity contribution in [3.05, 3.63) is 53.6 Å². The molecule has 0 fully saturated rings. The third-order valence-corrected chi connectivity index (χ3v) is 4.38. The van der Waals surface area contributed by atoms with Gasteiger partial charge in [-0.15, -0.1) is 5.11 Å². The predicted molar refractivity (Wildman–Crippen MR) is 119 cm³/mol. The third-order valence-electron chi connectivity index (χ3n) is 4.38. The topological polar surface area (TPSA) is 162 Å². The number of amides is 2. The maximum atomic E-state index is 12.2. The van der Waals surface area contributed by atoms with Gasteiger partial charge in [-0.3, -0.25) is 19.2 Å². The maximum absolute atomic E-state index is 12.2. The normalized spacial score (nSPS) is 10.5. The number of carbonyl (C=O) groups is 4. The van der Waals surface area contributed by atoms with Crippen LogP contribution in [0.4, 0.5) is 17.1 Å². The van der Waals surface area contributed by atoms with E-state index in [0.717, 1.165) is 0 Å². The van der Waals surface area contributed by atoms with Gasteiger partial charge in [0.25, 0.3) is 11.8 Å². The lowest BCUT2D eigenvalue weighted by Gasteiger charge is -2.06. The molecule has 0 aromatic heterocycles. The van der Waals surface area contributed by atoms with Crippen molar-refractivity contribution in [2.75, 3.05) is 33.0 Å². The van der Waals surface area contributed by atoms with Crippen LogP contribution in [0.3, 0.4) is 0 Å². The lowest BCUT2D eigenvalue weighted by atomic mass is 10.1. The monoisotopic (exact) mass is 455 g/mol. The van der Waals surface area contributed by atoms with E-state index in [9.17, 15) is 19.2 Å². The summed E-state index contributed by atoms with van der Waals surface area (Å²) in [5.74, 6) is -1.56. The zero-order valence-electron chi connectivity index (χ0n) is 18.3. The molecule has 0 saturated heterocycles. The first-order valence-electron chi connectivity index (χ1n) is 9.95. The van der Waals surface area contributed by atoms with Gasteiger partial charge in [-0.25, -0.2) is 0 Å². The van der Waals surface area contributed by atoms with Crippen LogP contribution >= 0.6 is 0 Å². The van der Waals surface area contributed by atoms with Crippen molar-refractivity contribution in [1.82, 2.24) is 10.6 Å². The van der Waals surface area contributed by atoms with Crippen LogP contribution in [0.2, 0.25) is 0 Å². The van der Waals surface area contributed by atoms with E-state index in [-0.39, 0.29) is 31.8 Å². The van der Waals surface area contributed by atoms with Crippen LogP contribution in [0.25, 0.3) is 0 Å². The summed E-state index contributed by atoms with van der Waals surface area (Å²) >= 11 is 0. The van der Waals surface area contributed by atoms with Gasteiger partial charge in [-0.1, -0.05) is 0 Å². The number of benzene rings is 2. The van der Waals surface area contributed by atoms with E-state index in [1.54, 1.807) is 24.3 Å². The number of rotatable bonds is 10. The largest absolute Gasteiger partial charge is 0.469 e. The first-order chi connectivity index (χ1) is 15.8. The summed E-state index contributed by atoms with van der Waals surface area (Å²) in [6.45, 7) is 0.300. The number of azo groups is 1. The Morgan fingerprint density at radius 3 is 1.85 bits per heavy atom. The zero-order valence-corrected chi connectivity index (χ0v) is 18.3. The summed E-state index contributed by atoms with van der Waals surface area (Å²) < 4.78 is 9.04. The van der Waals surface area contributed by atoms with Gasteiger partial charge >= 0.3 is 11.9 Å². The second kappa shape index (κ2) is 12.5. The number of anilines is 1. The SMILES string of the molecule is COC(=O)CCNC(=O)c1ccc(N=Nc2cc(C(=O)NCCC(=O)OC)ccc2N)cc1. The van der Waals surface area contributed by atoms with Crippen molar-refractivity contribution in [3.8, 4) is 0 Å². The molecule has 0 aliphatic rings. The third kappa shape index (κ3) is 8.05. The molecular formula is C22H25N5O6. The highest BCUT2D eigenvalue weighted by Crippen LogP contribution is 2.26. The summed E-state index contributed by atoms with van der Waals surface area (Å²) in [5, 5.41) is 13.4. The zero-order chi connectivity index (χ0) is 24.2. The Balaban J connectivity index is 1.98. The van der Waals surface area contributed by atoms with Crippen LogP contribution in [0.15, 0.2) is 52.7 Å². The number of nitrogens with zero attached hydrogens (tertiary/aromatic N) is 2. The molecule has 0 saturated carbocycles. The summed E-state index contributed by atoms with van der Waals surface area (Å²) in [7, 11) is 2.56. The number of carbonyl (C=O) groups excluding carboxylic acids is 4. The molecule has 11 nitrogen and oxygen atoms in total. The number of methoxy groups -OCH3 is 2. The van der Waals surface area contributed by atoms with Crippen LogP contribution in [0.1, 0.15) is 33.6 Å². The highest BCUT2D eigenvalue weighted by Gasteiger charge is 2.10. The molecule has 0 aliphatic heterocycles. The van der Waals surface area contributed by atoms with E-state index in [1.165, 1.54) is 32.4 Å². The van der Waals surface area contributed by atoms with Gasteiger partial charge in [0.15, 0.2) is 0 Å². The van der Waals surface area contributed by atoms with Gasteiger partial charge in [0.2, 0.25) is 0 Å². The molecule has 0 heterocycles. The molecule has 0 unspecified atom stereocenters. The molecule has 2 rings (SSSR count). The van der Waals surface area contributed by atoms with Gasteiger partial charge in [-0.05, 0) is 42.5 Å². The van der Waals surface area contributed by atoms with E-state index in [1.807, 2.05) is 0 Å². The number of nitrogen functional groups attached to an aromatic ring is 1. The number of hydrogen-bond donors (Lipinski definition) is 3. The fourth-order valence-electron chi connectivity index (χ4n) is 2.53. The summed E-state index contributed by atoms with van der Waals surface area (Å²) in [5.41, 5.74) is 7.70. The predicted octanol–water partition coefficient (Wildman–Crippen LogP) is 2.27. The fraction of sp³-hybridized carbons (Fsp3) is 0.273. The Kier molecular flexibility index (Phi) is 9.50. The molecular weight excluding hydrogens is 430 g/mol. The lowest BCUT2D eigenvalue weighted by Crippen LogP contribution is -2.26. The Morgan fingerprint density at radius 2 is 1.30 bits per heavy atom. The summed E-state index contributed by atoms with van der Waals surface area (Å²) in [6, 6.07) is 10.9. The number of hydrogen-bond acceptors (Lipinski definition) is 9. The van der Waals surface area contributed by atoms with Crippen molar-refractivity contribution in [2.45, 2.75) is 12.8 Å². The Morgan fingerprint density at radius 1 is 0.788 bits per heavy atom. The van der Waals surface area contributed by atoms with E-state index < -0.39 is 17.8 Å². The number of nitrogens with two attached hydrogens (primary N) is 1. The van der Waals surface area contributed by atoms with Crippen LogP contribution < -0.4 is 16.4 Å². The van der Waals surface area contributed by atoms with Crippen LogP contribution in [-0.4, -0.2) is 51.1 Å². The molecule has 11 heteroatoms. The molecule has 0 bridgehead atoms. The van der Waals surface area contributed by atoms with E-state index in [0.29, 0.717) is 28.2 Å². The maximum Gasteiger partial charge on any atom is 0.307 e. The highest BCUT2D eigenvalue weighted by atomic mass is 16.5. The minimum Gasteiger partial charge on any atom is -0.469 e. The molecule has 0 atom stereocenters. The number of nitrogens with one attached hydrogen (secondary N) is 2. The molecule has 0 aliphatic carbocycles. The molecule has 0 spiro atoms. The lowest BCUT2D eigenvalue weighted by molar-refractivity contribution is -0.141. The molecule has 0 radical (unpaired) electrons. The van der Waals surface area contributed by atoms with E-state index >= 15 is 0 Å². The summed E-state index contributed by atoms with van der Waals surface area (Å²) in [6.07, 6.45) is 0.140. The minimum absolute atomic E-state index is 0.0586. The molecule has 2 amide bonds. The van der Waals surface area contributed by atoms with Crippen molar-refractivity contribution >= 4 is 40.8 Å². The molecule has 2 aromatic rings. The van der Waals surface area contributed by atoms with Crippen molar-refractivity contribution in [1.29, 1.82) is 0 Å². The standard InChI is InChI=1S/C22H25N5O6/c1-32-19(28)9-11-24-21(30)14-3-6-16(7-4-14)26-27-18-13-15(5-8-17(18)23)22(31)25-12-10-20(29)33-2/h3-8,13H,9-12,23H2,1-2H3,(H,24,30)(H,25,31). The Bertz CT molecular complexity index is 1040. The Labute approximate surface area is 190 Å². The average molecular weight is 455 g/mol. The Hall–Kier alpha value is -4.28. The fourth-order valence-corrected chi connectivity index (χ4v) is 2.53. The molecule has 33 heavy (non-hydrogen) atoms. The quantitative estimate of drug-likeness (QED) is 0.281. The van der Waals surface area contributed by atoms with Crippen LogP contribution in [0, 0.1) is 0 Å². The molecule has 4 N–H and O–H groups in total. The first kappa shape index (κ1) is 25.0. The van der Waals surface area contributed by atoms with Gasteiger partial charge in [0.05, 0.1) is 38.4 Å². The van der Waals surface area contributed by atoms with Gasteiger partial charge in [-0.2, -0.15) is 5.11 Å². The van der Waals surface area contributed by atoms with Gasteiger partial charge in [0.1, 0.15) is 5.69 Å². The molecule has 174 valence electrons. The summed E-state index contributed by atoms with van der Waals surface area (Å²) in [4.78, 5) is 46.5. The van der Waals surface area contributed by atoms with E-state index in [2.05, 4.69) is 30.3 Å². The van der Waals surface area contributed by atoms with Gasteiger partial charge < -0.3 is 25.8 Å². The second-order valence-corrected chi connectivity index (χ2v) is 6.68. The smallest absolute Gasteiger partial charge is 0.307 e. The first-order valence-corrected chi connectivity index (χ1v) is 9.95. The van der Waals surface area contributed by atoms with Crippen molar-refractivity contribution in [3.63, 3.8) is 0 Å². The minimum atomic E-state index is -0.424. The highest BCUT2D eigenvalue weighted by molar-refractivity contribution is 5.96. The number of esters is 2. The van der Waals surface area contributed by atoms with E-state index in [4.69, 9.17) is 5.73 Å².